The summed E-state index contributed by atoms with van der Waals surface area (Å²) in [6, 6.07) is 0. The van der Waals surface area contributed by atoms with Gasteiger partial charge < -0.3 is 14.4 Å². The molecule has 0 rings (SSSR count). The Morgan fingerprint density at radius 2 is 1.25 bits per heavy atom. The van der Waals surface area contributed by atoms with Gasteiger partial charge in [0.25, 0.3) is 0 Å². The molecule has 0 bridgehead atoms. The first-order valence-electron chi connectivity index (χ1n) is 0.707. The predicted octanol–water partition coefficient (Wildman–Crippen LogP) is 1.29. The molecule has 4 heavy (non-hydrogen) atoms. The van der Waals surface area contributed by atoms with Crippen molar-refractivity contribution in [3.8, 4) is 0 Å². The van der Waals surface area contributed by atoms with Crippen LogP contribution in [-0.4, -0.2) is 0 Å². The van der Waals surface area contributed by atoms with Crippen molar-refractivity contribution in [2.24, 2.45) is 0 Å². The first-order chi connectivity index (χ1) is 1.00. The molecular formula is C3H8Fe. The summed E-state index contributed by atoms with van der Waals surface area (Å²) >= 11 is 0. The van der Waals surface area contributed by atoms with Crippen LogP contribution in [0.15, 0.2) is 0 Å². The zero-order valence-corrected chi connectivity index (χ0v) is 4.16. The second-order valence-corrected chi connectivity index (χ2v) is 0. The van der Waals surface area contributed by atoms with E-state index < -0.39 is 0 Å². The molecule has 28 valence electrons. The second-order valence-electron chi connectivity index (χ2n) is 0. The van der Waals surface area contributed by atoms with Gasteiger partial charge in [-0.1, -0.05) is 0 Å². The molecule has 0 unspecified atom stereocenters. The Kier molecular flexibility index (Phi) is 502. The quantitative estimate of drug-likeness (QED) is 0.317. The molecule has 0 aliphatic carbocycles. The van der Waals surface area contributed by atoms with Gasteiger partial charge in [-0.25, -0.2) is 0 Å². The first kappa shape index (κ1) is 24.2. The summed E-state index contributed by atoms with van der Waals surface area (Å²) < 4.78 is 0. The van der Waals surface area contributed by atoms with Gasteiger partial charge in [0.05, 0.1) is 0 Å². The van der Waals surface area contributed by atoms with Crippen LogP contribution in [0.3, 0.4) is 0 Å². The van der Waals surface area contributed by atoms with Gasteiger partial charge in [-0.15, -0.1) is 0 Å². The summed E-state index contributed by atoms with van der Waals surface area (Å²) in [4.78, 5) is 0. The average Bonchev–Trinajstić information content (AvgIpc) is 1.00. The molecular weight excluding hydrogens is 91.9 g/mol. The van der Waals surface area contributed by atoms with E-state index in [4.69, 9.17) is 0 Å². The van der Waals surface area contributed by atoms with E-state index in [1.165, 1.54) is 0 Å². The van der Waals surface area contributed by atoms with Crippen molar-refractivity contribution < 1.29 is 17.1 Å². The van der Waals surface area contributed by atoms with Crippen molar-refractivity contribution in [1.29, 1.82) is 0 Å². The van der Waals surface area contributed by atoms with Crippen molar-refractivity contribution >= 4 is 0 Å². The fourth-order valence-electron chi connectivity index (χ4n) is 0. The Labute approximate surface area is 39.1 Å². The van der Waals surface area contributed by atoms with Crippen LogP contribution < -0.4 is 0 Å². The molecule has 0 aromatic heterocycles. The molecule has 0 N–H and O–H groups in total. The monoisotopic (exact) mass is 100.0 g/mol. The minimum Gasteiger partial charge on any atom is -0.358 e. The van der Waals surface area contributed by atoms with Gasteiger partial charge in [-0.3, -0.25) is 0 Å². The van der Waals surface area contributed by atoms with Gasteiger partial charge in [0.2, 0.25) is 0 Å². The molecule has 0 aliphatic heterocycles. The normalized spacial score (nSPS) is 1.50. The minimum atomic E-state index is 0. The zero-order chi connectivity index (χ0) is 2.00. The fourth-order valence-corrected chi connectivity index (χ4v) is 0. The van der Waals surface area contributed by atoms with Crippen molar-refractivity contribution in [3.05, 3.63) is 14.4 Å². The third kappa shape index (κ3) is 21.6. The SMILES string of the molecule is [CH2-]C.[CH3-].[Fe+2]. The van der Waals surface area contributed by atoms with Gasteiger partial charge in [0, 0.05) is 0 Å². The molecule has 0 aliphatic rings. The zero-order valence-electron chi connectivity index (χ0n) is 3.06. The van der Waals surface area contributed by atoms with Crippen molar-refractivity contribution in [3.63, 3.8) is 0 Å². The van der Waals surface area contributed by atoms with Crippen LogP contribution in [-0.2, 0) is 17.1 Å². The molecule has 0 spiro atoms. The van der Waals surface area contributed by atoms with Crippen LogP contribution in [0.25, 0.3) is 0 Å². The van der Waals surface area contributed by atoms with Crippen molar-refractivity contribution in [2.75, 3.05) is 0 Å². The largest absolute Gasteiger partial charge is 2.00 e. The van der Waals surface area contributed by atoms with E-state index in [-0.39, 0.29) is 24.5 Å². The van der Waals surface area contributed by atoms with E-state index in [9.17, 15) is 0 Å². The maximum atomic E-state index is 3.25. The van der Waals surface area contributed by atoms with E-state index in [1.54, 1.807) is 6.92 Å². The molecule has 0 fully saturated rings. The topological polar surface area (TPSA) is 0 Å². The van der Waals surface area contributed by atoms with E-state index in [1.807, 2.05) is 0 Å². The van der Waals surface area contributed by atoms with Gasteiger partial charge in [0.15, 0.2) is 0 Å². The van der Waals surface area contributed by atoms with Gasteiger partial charge in [-0.05, 0) is 0 Å². The second kappa shape index (κ2) is 82.8. The molecule has 0 radical (unpaired) electrons. The standard InChI is InChI=1S/C2H5.CH3.Fe/c1-2;;/h1H2,2H3;1H3;/q2*-1;+2. The van der Waals surface area contributed by atoms with E-state index in [2.05, 4.69) is 6.92 Å². The summed E-state index contributed by atoms with van der Waals surface area (Å²) in [7, 11) is 0. The Balaban J connectivity index is -0.00000000500. The molecule has 0 aromatic carbocycles. The van der Waals surface area contributed by atoms with Gasteiger partial charge in [0.1, 0.15) is 0 Å². The van der Waals surface area contributed by atoms with Crippen molar-refractivity contribution in [1.82, 2.24) is 0 Å². The third-order valence-electron chi connectivity index (χ3n) is 0. The summed E-state index contributed by atoms with van der Waals surface area (Å²) in [5, 5.41) is 0. The van der Waals surface area contributed by atoms with E-state index >= 15 is 0 Å². The first-order valence-corrected chi connectivity index (χ1v) is 0.707. The summed E-state index contributed by atoms with van der Waals surface area (Å²) in [6.45, 7) is 5.00. The molecule has 0 saturated heterocycles. The van der Waals surface area contributed by atoms with Crippen molar-refractivity contribution in [2.45, 2.75) is 6.92 Å². The molecule has 0 atom stereocenters. The number of rotatable bonds is 0. The molecule has 0 aromatic rings. The third-order valence-corrected chi connectivity index (χ3v) is 0. The van der Waals surface area contributed by atoms with Crippen LogP contribution in [0, 0.1) is 14.4 Å². The van der Waals surface area contributed by atoms with E-state index in [0.29, 0.717) is 0 Å². The van der Waals surface area contributed by atoms with Gasteiger partial charge >= 0.3 is 17.1 Å². The Bertz CT molecular complexity index is 3.25. The number of hydrogen-bond donors (Lipinski definition) is 0. The maximum Gasteiger partial charge on any atom is 2.00 e. The maximum absolute atomic E-state index is 3.25. The Morgan fingerprint density at radius 3 is 1.25 bits per heavy atom. The summed E-state index contributed by atoms with van der Waals surface area (Å²) in [5.74, 6) is 0. The van der Waals surface area contributed by atoms with Crippen LogP contribution in [0.5, 0.6) is 0 Å². The molecule has 0 heterocycles. The number of hydrogen-bond acceptors (Lipinski definition) is 0. The van der Waals surface area contributed by atoms with Gasteiger partial charge in [-0.2, -0.15) is 6.92 Å². The Hall–Kier alpha value is 0.519. The predicted molar refractivity (Wildman–Crippen MR) is 17.4 cm³/mol. The molecule has 1 heteroatoms. The average molecular weight is 99.9 g/mol. The Morgan fingerprint density at radius 1 is 1.25 bits per heavy atom. The summed E-state index contributed by atoms with van der Waals surface area (Å²) in [6.07, 6.45) is 0. The van der Waals surface area contributed by atoms with Crippen LogP contribution in [0.4, 0.5) is 0 Å². The molecule has 0 saturated carbocycles. The molecule has 0 amide bonds. The van der Waals surface area contributed by atoms with Crippen LogP contribution in [0.2, 0.25) is 0 Å². The van der Waals surface area contributed by atoms with Crippen LogP contribution in [0.1, 0.15) is 6.92 Å². The fraction of sp³-hybridized carbons (Fsp3) is 0.333. The van der Waals surface area contributed by atoms with Crippen LogP contribution >= 0.6 is 0 Å². The van der Waals surface area contributed by atoms with E-state index in [0.717, 1.165) is 0 Å². The summed E-state index contributed by atoms with van der Waals surface area (Å²) in [5.41, 5.74) is 0. The smallest absolute Gasteiger partial charge is 0.358 e. The molecule has 0 nitrogen and oxygen atoms in total. The minimum absolute atomic E-state index is 0.